The van der Waals surface area contributed by atoms with Crippen LogP contribution in [0.25, 0.3) is 11.1 Å². The van der Waals surface area contributed by atoms with Crippen molar-refractivity contribution in [2.24, 2.45) is 0 Å². The number of methoxy groups -OCH3 is 1. The maximum atomic E-state index is 12.6. The number of benzene rings is 2. The Morgan fingerprint density at radius 3 is 2.24 bits per heavy atom. The molecule has 0 atom stereocenters. The van der Waals surface area contributed by atoms with Crippen molar-refractivity contribution in [1.82, 2.24) is 0 Å². The molecular formula is C15H11F3O3. The molecule has 0 aliphatic heterocycles. The Kier molecular flexibility index (Phi) is 4.16. The number of aldehydes is 1. The van der Waals surface area contributed by atoms with E-state index in [1.54, 1.807) is 30.3 Å². The zero-order valence-electron chi connectivity index (χ0n) is 11.0. The lowest BCUT2D eigenvalue weighted by atomic mass is 10.0. The fourth-order valence-electron chi connectivity index (χ4n) is 1.95. The molecule has 2 aromatic rings. The molecule has 21 heavy (non-hydrogen) atoms. The Labute approximate surface area is 118 Å². The van der Waals surface area contributed by atoms with Gasteiger partial charge in [0.1, 0.15) is 5.75 Å². The lowest BCUT2D eigenvalue weighted by molar-refractivity contribution is -0.274. The van der Waals surface area contributed by atoms with Crippen molar-refractivity contribution < 1.29 is 27.4 Å². The van der Waals surface area contributed by atoms with E-state index in [2.05, 4.69) is 4.74 Å². The van der Waals surface area contributed by atoms with Crippen LogP contribution < -0.4 is 9.47 Å². The van der Waals surface area contributed by atoms with Crippen molar-refractivity contribution in [3.63, 3.8) is 0 Å². The van der Waals surface area contributed by atoms with E-state index >= 15 is 0 Å². The van der Waals surface area contributed by atoms with Crippen molar-refractivity contribution in [3.05, 3.63) is 48.0 Å². The zero-order valence-corrected chi connectivity index (χ0v) is 11.0. The molecule has 2 rings (SSSR count). The number of halogens is 3. The summed E-state index contributed by atoms with van der Waals surface area (Å²) >= 11 is 0. The molecule has 0 N–H and O–H groups in total. The highest BCUT2D eigenvalue weighted by atomic mass is 19.4. The van der Waals surface area contributed by atoms with E-state index in [0.717, 1.165) is 0 Å². The number of carbonyl (C=O) groups is 1. The van der Waals surface area contributed by atoms with Gasteiger partial charge in [0, 0.05) is 0 Å². The molecule has 0 amide bonds. The van der Waals surface area contributed by atoms with Gasteiger partial charge in [0.05, 0.1) is 18.2 Å². The average molecular weight is 296 g/mol. The highest BCUT2D eigenvalue weighted by molar-refractivity contribution is 5.89. The number of ether oxygens (including phenoxy) is 2. The fourth-order valence-corrected chi connectivity index (χ4v) is 1.95. The number of hydrogen-bond acceptors (Lipinski definition) is 3. The third-order valence-electron chi connectivity index (χ3n) is 2.78. The molecule has 6 heteroatoms. The van der Waals surface area contributed by atoms with Gasteiger partial charge in [-0.05, 0) is 17.7 Å². The molecule has 0 heterocycles. The van der Waals surface area contributed by atoms with Crippen molar-refractivity contribution in [3.8, 4) is 22.6 Å². The minimum absolute atomic E-state index is 0.0834. The summed E-state index contributed by atoms with van der Waals surface area (Å²) in [5.41, 5.74) is 0.337. The van der Waals surface area contributed by atoms with Gasteiger partial charge < -0.3 is 9.47 Å². The first kappa shape index (κ1) is 14.9. The smallest absolute Gasteiger partial charge is 0.496 e. The molecule has 0 fully saturated rings. The van der Waals surface area contributed by atoms with Crippen molar-refractivity contribution in [2.45, 2.75) is 6.36 Å². The molecule has 0 aliphatic carbocycles. The van der Waals surface area contributed by atoms with E-state index in [0.29, 0.717) is 11.8 Å². The van der Waals surface area contributed by atoms with Gasteiger partial charge in [0.2, 0.25) is 0 Å². The minimum Gasteiger partial charge on any atom is -0.496 e. The Hall–Kier alpha value is -2.50. The predicted molar refractivity (Wildman–Crippen MR) is 70.5 cm³/mol. The summed E-state index contributed by atoms with van der Waals surface area (Å²) in [7, 11) is 1.33. The Bertz CT molecular complexity index is 637. The molecule has 3 nitrogen and oxygen atoms in total. The van der Waals surface area contributed by atoms with Gasteiger partial charge in [0.25, 0.3) is 0 Å². The summed E-state index contributed by atoms with van der Waals surface area (Å²) in [5.74, 6) is -0.380. The second kappa shape index (κ2) is 5.87. The number of hydrogen-bond donors (Lipinski definition) is 0. The third-order valence-corrected chi connectivity index (χ3v) is 2.78. The van der Waals surface area contributed by atoms with Crippen LogP contribution in [0.2, 0.25) is 0 Å². The number of carbonyl (C=O) groups excluding carboxylic acids is 1. The summed E-state index contributed by atoms with van der Waals surface area (Å²) in [6, 6.07) is 10.9. The van der Waals surface area contributed by atoms with Crippen molar-refractivity contribution in [1.29, 1.82) is 0 Å². The predicted octanol–water partition coefficient (Wildman–Crippen LogP) is 4.07. The first-order valence-corrected chi connectivity index (χ1v) is 5.93. The first-order valence-electron chi connectivity index (χ1n) is 5.93. The summed E-state index contributed by atoms with van der Waals surface area (Å²) in [6.07, 6.45) is -4.60. The van der Waals surface area contributed by atoms with Gasteiger partial charge in [-0.2, -0.15) is 0 Å². The summed E-state index contributed by atoms with van der Waals surface area (Å²) in [4.78, 5) is 11.0. The standard InChI is InChI=1S/C15H11F3O3/c1-20-12-8-7-11(9-19)14(21-15(16,17)18)13(12)10-5-3-2-4-6-10/h2-9H,1H3. The van der Waals surface area contributed by atoms with Crippen molar-refractivity contribution in [2.75, 3.05) is 7.11 Å². The highest BCUT2D eigenvalue weighted by Crippen LogP contribution is 2.42. The largest absolute Gasteiger partial charge is 0.573 e. The van der Waals surface area contributed by atoms with E-state index in [4.69, 9.17) is 4.74 Å². The van der Waals surface area contributed by atoms with Crippen LogP contribution in [-0.2, 0) is 0 Å². The van der Waals surface area contributed by atoms with Gasteiger partial charge in [-0.15, -0.1) is 13.2 Å². The van der Waals surface area contributed by atoms with Crippen LogP contribution in [0.4, 0.5) is 13.2 Å². The zero-order chi connectivity index (χ0) is 15.5. The molecule has 0 saturated heterocycles. The second-order valence-electron chi connectivity index (χ2n) is 4.09. The van der Waals surface area contributed by atoms with E-state index in [1.807, 2.05) is 0 Å². The lowest BCUT2D eigenvalue weighted by Gasteiger charge is -2.18. The van der Waals surface area contributed by atoms with Crippen LogP contribution in [0.15, 0.2) is 42.5 Å². The third kappa shape index (κ3) is 3.34. The number of rotatable bonds is 4. The van der Waals surface area contributed by atoms with Crippen LogP contribution >= 0.6 is 0 Å². The molecule has 0 saturated carbocycles. The quantitative estimate of drug-likeness (QED) is 0.798. The summed E-state index contributed by atoms with van der Waals surface area (Å²) < 4.78 is 47.0. The Morgan fingerprint density at radius 2 is 1.71 bits per heavy atom. The normalized spacial score (nSPS) is 11.0. The molecule has 0 bridgehead atoms. The van der Waals surface area contributed by atoms with E-state index in [1.165, 1.54) is 19.2 Å². The molecule has 110 valence electrons. The van der Waals surface area contributed by atoms with Crippen LogP contribution in [0.1, 0.15) is 10.4 Å². The van der Waals surface area contributed by atoms with Gasteiger partial charge in [-0.3, -0.25) is 4.79 Å². The van der Waals surface area contributed by atoms with Gasteiger partial charge in [-0.1, -0.05) is 30.3 Å². The fraction of sp³-hybridized carbons (Fsp3) is 0.133. The maximum absolute atomic E-state index is 12.6. The monoisotopic (exact) mass is 296 g/mol. The molecule has 2 aromatic carbocycles. The lowest BCUT2D eigenvalue weighted by Crippen LogP contribution is -2.19. The second-order valence-corrected chi connectivity index (χ2v) is 4.09. The molecular weight excluding hydrogens is 285 g/mol. The molecule has 0 spiro atoms. The SMILES string of the molecule is COc1ccc(C=O)c(OC(F)(F)F)c1-c1ccccc1. The molecule has 0 aliphatic rings. The maximum Gasteiger partial charge on any atom is 0.573 e. The van der Waals surface area contributed by atoms with Crippen LogP contribution in [0.5, 0.6) is 11.5 Å². The average Bonchev–Trinajstić information content (AvgIpc) is 2.46. The van der Waals surface area contributed by atoms with E-state index in [9.17, 15) is 18.0 Å². The topological polar surface area (TPSA) is 35.5 Å². The molecule has 0 radical (unpaired) electrons. The first-order chi connectivity index (χ1) is 9.96. The van der Waals surface area contributed by atoms with E-state index < -0.39 is 12.1 Å². The molecule has 0 aromatic heterocycles. The minimum atomic E-state index is -4.91. The van der Waals surface area contributed by atoms with Gasteiger partial charge in [0.15, 0.2) is 12.0 Å². The van der Waals surface area contributed by atoms with E-state index in [-0.39, 0.29) is 16.9 Å². The Balaban J connectivity index is 2.72. The van der Waals surface area contributed by atoms with Crippen LogP contribution in [0.3, 0.4) is 0 Å². The van der Waals surface area contributed by atoms with Gasteiger partial charge >= 0.3 is 6.36 Å². The summed E-state index contributed by atoms with van der Waals surface area (Å²) in [5, 5.41) is 0. The van der Waals surface area contributed by atoms with Crippen LogP contribution in [0, 0.1) is 0 Å². The van der Waals surface area contributed by atoms with Crippen LogP contribution in [-0.4, -0.2) is 19.8 Å². The molecule has 0 unspecified atom stereocenters. The van der Waals surface area contributed by atoms with Crippen molar-refractivity contribution >= 4 is 6.29 Å². The summed E-state index contributed by atoms with van der Waals surface area (Å²) in [6.45, 7) is 0. The number of alkyl halides is 3. The highest BCUT2D eigenvalue weighted by Gasteiger charge is 2.34. The Morgan fingerprint density at radius 1 is 1.05 bits per heavy atom. The van der Waals surface area contributed by atoms with Gasteiger partial charge in [-0.25, -0.2) is 0 Å².